The topological polar surface area (TPSA) is 29.5 Å². The molecule has 0 N–H and O–H groups in total. The van der Waals surface area contributed by atoms with Crippen LogP contribution in [0.15, 0.2) is 24.3 Å². The lowest BCUT2D eigenvalue weighted by Gasteiger charge is -2.32. The summed E-state index contributed by atoms with van der Waals surface area (Å²) in [6.07, 6.45) is 3.40. The van der Waals surface area contributed by atoms with Gasteiger partial charge < -0.3 is 9.64 Å². The van der Waals surface area contributed by atoms with E-state index < -0.39 is 0 Å². The van der Waals surface area contributed by atoms with Crippen molar-refractivity contribution in [1.29, 1.82) is 0 Å². The normalized spacial score (nSPS) is 16.2. The fraction of sp³-hybridized carbons (Fsp3) is 0.562. The lowest BCUT2D eigenvalue weighted by Crippen LogP contribution is -2.39. The average Bonchev–Trinajstić information content (AvgIpc) is 2.47. The van der Waals surface area contributed by atoms with Crippen LogP contribution in [0.3, 0.4) is 0 Å². The van der Waals surface area contributed by atoms with Gasteiger partial charge in [-0.05, 0) is 37.3 Å². The van der Waals surface area contributed by atoms with Gasteiger partial charge in [0.2, 0.25) is 5.91 Å². The SMILES string of the molecule is CCCC(=O)N1CCC(COc2ccccc2F)CC1. The van der Waals surface area contributed by atoms with Crippen molar-refractivity contribution in [2.75, 3.05) is 19.7 Å². The number of ether oxygens (including phenoxy) is 1. The predicted molar refractivity (Wildman–Crippen MR) is 76.1 cm³/mol. The zero-order valence-corrected chi connectivity index (χ0v) is 12.0. The first-order valence-electron chi connectivity index (χ1n) is 7.35. The quantitative estimate of drug-likeness (QED) is 0.828. The Morgan fingerprint density at radius 3 is 2.70 bits per heavy atom. The molecule has 2 rings (SSSR count). The summed E-state index contributed by atoms with van der Waals surface area (Å²) in [6, 6.07) is 6.47. The summed E-state index contributed by atoms with van der Waals surface area (Å²) in [5, 5.41) is 0. The molecule has 0 saturated carbocycles. The third-order valence-corrected chi connectivity index (χ3v) is 3.74. The van der Waals surface area contributed by atoms with E-state index in [1.165, 1.54) is 6.07 Å². The van der Waals surface area contributed by atoms with E-state index in [4.69, 9.17) is 4.74 Å². The van der Waals surface area contributed by atoms with Gasteiger partial charge in [0.05, 0.1) is 6.61 Å². The summed E-state index contributed by atoms with van der Waals surface area (Å²) in [4.78, 5) is 13.7. The minimum Gasteiger partial charge on any atom is -0.490 e. The highest BCUT2D eigenvalue weighted by Gasteiger charge is 2.22. The van der Waals surface area contributed by atoms with E-state index >= 15 is 0 Å². The van der Waals surface area contributed by atoms with Crippen LogP contribution in [0.1, 0.15) is 32.6 Å². The minimum absolute atomic E-state index is 0.251. The summed E-state index contributed by atoms with van der Waals surface area (Å²) in [7, 11) is 0. The van der Waals surface area contributed by atoms with Crippen molar-refractivity contribution < 1.29 is 13.9 Å². The second kappa shape index (κ2) is 7.27. The van der Waals surface area contributed by atoms with E-state index in [0.717, 1.165) is 32.4 Å². The van der Waals surface area contributed by atoms with Crippen molar-refractivity contribution in [2.24, 2.45) is 5.92 Å². The first-order chi connectivity index (χ1) is 9.70. The number of halogens is 1. The van der Waals surface area contributed by atoms with Crippen LogP contribution in [-0.2, 0) is 4.79 Å². The van der Waals surface area contributed by atoms with E-state index in [1.807, 2.05) is 11.8 Å². The van der Waals surface area contributed by atoms with Gasteiger partial charge in [-0.1, -0.05) is 19.1 Å². The molecule has 1 aromatic carbocycles. The van der Waals surface area contributed by atoms with E-state index in [-0.39, 0.29) is 11.7 Å². The van der Waals surface area contributed by atoms with Gasteiger partial charge in [-0.25, -0.2) is 4.39 Å². The number of hydrogen-bond donors (Lipinski definition) is 0. The van der Waals surface area contributed by atoms with Gasteiger partial charge in [0.15, 0.2) is 11.6 Å². The second-order valence-corrected chi connectivity index (χ2v) is 5.32. The molecule has 1 aliphatic rings. The molecule has 0 aliphatic carbocycles. The highest BCUT2D eigenvalue weighted by atomic mass is 19.1. The number of piperidine rings is 1. The molecule has 1 heterocycles. The molecular weight excluding hydrogens is 257 g/mol. The van der Waals surface area contributed by atoms with Gasteiger partial charge in [-0.3, -0.25) is 4.79 Å². The van der Waals surface area contributed by atoms with Crippen molar-refractivity contribution in [3.63, 3.8) is 0 Å². The standard InChI is InChI=1S/C16H22FNO2/c1-2-5-16(19)18-10-8-13(9-11-18)12-20-15-7-4-3-6-14(15)17/h3-4,6-7,13H,2,5,8-12H2,1H3. The Bertz CT molecular complexity index is 442. The van der Waals surface area contributed by atoms with Crippen LogP contribution in [0.2, 0.25) is 0 Å². The van der Waals surface area contributed by atoms with E-state index in [2.05, 4.69) is 0 Å². The highest BCUT2D eigenvalue weighted by molar-refractivity contribution is 5.76. The fourth-order valence-corrected chi connectivity index (χ4v) is 2.49. The van der Waals surface area contributed by atoms with E-state index in [9.17, 15) is 9.18 Å². The number of carbonyl (C=O) groups excluding carboxylic acids is 1. The number of amides is 1. The van der Waals surface area contributed by atoms with Gasteiger partial charge >= 0.3 is 0 Å². The number of benzene rings is 1. The van der Waals surface area contributed by atoms with Crippen LogP contribution in [0.4, 0.5) is 4.39 Å². The third kappa shape index (κ3) is 3.95. The Morgan fingerprint density at radius 2 is 2.05 bits per heavy atom. The van der Waals surface area contributed by atoms with Crippen LogP contribution in [0.25, 0.3) is 0 Å². The van der Waals surface area contributed by atoms with Crippen molar-refractivity contribution in [1.82, 2.24) is 4.90 Å². The summed E-state index contributed by atoms with van der Waals surface area (Å²) in [6.45, 7) is 4.14. The zero-order valence-electron chi connectivity index (χ0n) is 12.0. The number of likely N-dealkylation sites (tertiary alicyclic amines) is 1. The van der Waals surface area contributed by atoms with E-state index in [1.54, 1.807) is 18.2 Å². The molecule has 20 heavy (non-hydrogen) atoms. The number of carbonyl (C=O) groups is 1. The Labute approximate surface area is 119 Å². The van der Waals surface area contributed by atoms with Crippen molar-refractivity contribution in [3.8, 4) is 5.75 Å². The molecular formula is C16H22FNO2. The maximum atomic E-state index is 13.4. The van der Waals surface area contributed by atoms with Gasteiger partial charge in [0.25, 0.3) is 0 Å². The zero-order chi connectivity index (χ0) is 14.4. The molecule has 1 aliphatic heterocycles. The van der Waals surface area contributed by atoms with Gasteiger partial charge in [-0.2, -0.15) is 0 Å². The number of hydrogen-bond acceptors (Lipinski definition) is 2. The van der Waals surface area contributed by atoms with Crippen LogP contribution in [0.5, 0.6) is 5.75 Å². The molecule has 0 atom stereocenters. The fourth-order valence-electron chi connectivity index (χ4n) is 2.49. The van der Waals surface area contributed by atoms with Crippen molar-refractivity contribution in [2.45, 2.75) is 32.6 Å². The molecule has 0 spiro atoms. The van der Waals surface area contributed by atoms with Crippen molar-refractivity contribution >= 4 is 5.91 Å². The molecule has 1 saturated heterocycles. The lowest BCUT2D eigenvalue weighted by molar-refractivity contribution is -0.132. The Morgan fingerprint density at radius 1 is 1.35 bits per heavy atom. The van der Waals surface area contributed by atoms with Crippen LogP contribution in [-0.4, -0.2) is 30.5 Å². The number of para-hydroxylation sites is 1. The predicted octanol–water partition coefficient (Wildman–Crippen LogP) is 3.24. The van der Waals surface area contributed by atoms with Crippen molar-refractivity contribution in [3.05, 3.63) is 30.1 Å². The molecule has 0 aromatic heterocycles. The molecule has 1 amide bonds. The second-order valence-electron chi connectivity index (χ2n) is 5.32. The van der Waals surface area contributed by atoms with Crippen LogP contribution >= 0.6 is 0 Å². The first kappa shape index (κ1) is 14.8. The van der Waals surface area contributed by atoms with Gasteiger partial charge in [0, 0.05) is 19.5 Å². The molecule has 3 nitrogen and oxygen atoms in total. The molecule has 0 bridgehead atoms. The Kier molecular flexibility index (Phi) is 5.39. The maximum absolute atomic E-state index is 13.4. The summed E-state index contributed by atoms with van der Waals surface area (Å²) < 4.78 is 19.0. The molecule has 0 radical (unpaired) electrons. The molecule has 0 unspecified atom stereocenters. The maximum Gasteiger partial charge on any atom is 0.222 e. The van der Waals surface area contributed by atoms with Crippen LogP contribution in [0, 0.1) is 11.7 Å². The summed E-state index contributed by atoms with van der Waals surface area (Å²) >= 11 is 0. The summed E-state index contributed by atoms with van der Waals surface area (Å²) in [5.41, 5.74) is 0. The molecule has 4 heteroatoms. The van der Waals surface area contributed by atoms with Gasteiger partial charge in [0.1, 0.15) is 0 Å². The van der Waals surface area contributed by atoms with Crippen LogP contribution < -0.4 is 4.74 Å². The monoisotopic (exact) mass is 279 g/mol. The van der Waals surface area contributed by atoms with E-state index in [0.29, 0.717) is 24.7 Å². The molecule has 1 fully saturated rings. The smallest absolute Gasteiger partial charge is 0.222 e. The lowest BCUT2D eigenvalue weighted by atomic mass is 9.97. The number of nitrogens with zero attached hydrogens (tertiary/aromatic N) is 1. The van der Waals surface area contributed by atoms with Gasteiger partial charge in [-0.15, -0.1) is 0 Å². The molecule has 110 valence electrons. The third-order valence-electron chi connectivity index (χ3n) is 3.74. The Balaban J connectivity index is 1.75. The Hall–Kier alpha value is -1.58. The molecule has 1 aromatic rings. The minimum atomic E-state index is -0.317. The highest BCUT2D eigenvalue weighted by Crippen LogP contribution is 2.21. The number of rotatable bonds is 5. The first-order valence-corrected chi connectivity index (χ1v) is 7.35. The largest absolute Gasteiger partial charge is 0.490 e. The summed E-state index contributed by atoms with van der Waals surface area (Å²) in [5.74, 6) is 0.654. The average molecular weight is 279 g/mol.